The highest BCUT2D eigenvalue weighted by Crippen LogP contribution is 2.37. The van der Waals surface area contributed by atoms with Crippen LogP contribution in [-0.2, 0) is 4.74 Å². The standard InChI is InChI=1S/C14H23NOS/c1-3-15-13(14-6-5-7-17-14)10-11-8-12(9-11)16-4-2/h5-7,11-13,15H,3-4,8-10H2,1-2H3. The molecule has 1 atom stereocenters. The molecule has 0 radical (unpaired) electrons. The molecule has 0 saturated heterocycles. The highest BCUT2D eigenvalue weighted by Gasteiger charge is 2.31. The summed E-state index contributed by atoms with van der Waals surface area (Å²) in [5, 5.41) is 5.77. The minimum atomic E-state index is 0.538. The zero-order valence-corrected chi connectivity index (χ0v) is 11.6. The second kappa shape index (κ2) is 6.53. The van der Waals surface area contributed by atoms with E-state index >= 15 is 0 Å². The van der Waals surface area contributed by atoms with Crippen LogP contribution >= 0.6 is 11.3 Å². The van der Waals surface area contributed by atoms with Crippen molar-refractivity contribution >= 4 is 11.3 Å². The van der Waals surface area contributed by atoms with E-state index in [-0.39, 0.29) is 0 Å². The number of ether oxygens (including phenoxy) is 1. The zero-order chi connectivity index (χ0) is 12.1. The second-order valence-electron chi connectivity index (χ2n) is 4.78. The van der Waals surface area contributed by atoms with Gasteiger partial charge in [-0.25, -0.2) is 0 Å². The number of thiophene rings is 1. The first-order chi connectivity index (χ1) is 8.33. The molecule has 17 heavy (non-hydrogen) atoms. The fourth-order valence-electron chi connectivity index (χ4n) is 2.61. The van der Waals surface area contributed by atoms with Crippen LogP contribution in [0.2, 0.25) is 0 Å². The van der Waals surface area contributed by atoms with Gasteiger partial charge in [0, 0.05) is 17.5 Å². The van der Waals surface area contributed by atoms with Gasteiger partial charge < -0.3 is 10.1 Å². The Hall–Kier alpha value is -0.380. The smallest absolute Gasteiger partial charge is 0.0580 e. The van der Waals surface area contributed by atoms with Gasteiger partial charge in [-0.1, -0.05) is 13.0 Å². The van der Waals surface area contributed by atoms with Crippen LogP contribution in [-0.4, -0.2) is 19.3 Å². The van der Waals surface area contributed by atoms with E-state index in [9.17, 15) is 0 Å². The SMILES string of the molecule is CCNC(CC1CC(OCC)C1)c1cccs1. The van der Waals surface area contributed by atoms with E-state index in [0.717, 1.165) is 19.1 Å². The van der Waals surface area contributed by atoms with Crippen LogP contribution in [0.3, 0.4) is 0 Å². The second-order valence-corrected chi connectivity index (χ2v) is 5.76. The summed E-state index contributed by atoms with van der Waals surface area (Å²) in [5.74, 6) is 0.845. The van der Waals surface area contributed by atoms with Crippen LogP contribution in [0.15, 0.2) is 17.5 Å². The van der Waals surface area contributed by atoms with Crippen molar-refractivity contribution < 1.29 is 4.74 Å². The zero-order valence-electron chi connectivity index (χ0n) is 10.8. The van der Waals surface area contributed by atoms with E-state index in [0.29, 0.717) is 12.1 Å². The third kappa shape index (κ3) is 3.54. The van der Waals surface area contributed by atoms with Crippen LogP contribution in [0.4, 0.5) is 0 Å². The summed E-state index contributed by atoms with van der Waals surface area (Å²) in [4.78, 5) is 1.48. The number of rotatable bonds is 7. The topological polar surface area (TPSA) is 21.3 Å². The average Bonchev–Trinajstić information content (AvgIpc) is 2.78. The Morgan fingerprint density at radius 2 is 2.29 bits per heavy atom. The summed E-state index contributed by atoms with van der Waals surface area (Å²) in [7, 11) is 0. The van der Waals surface area contributed by atoms with Gasteiger partial charge in [0.1, 0.15) is 0 Å². The highest BCUT2D eigenvalue weighted by atomic mass is 32.1. The predicted molar refractivity (Wildman–Crippen MR) is 73.5 cm³/mol. The number of nitrogens with one attached hydrogen (secondary N) is 1. The number of hydrogen-bond acceptors (Lipinski definition) is 3. The van der Waals surface area contributed by atoms with Gasteiger partial charge in [0.15, 0.2) is 0 Å². The Bertz CT molecular complexity index is 306. The fourth-order valence-corrected chi connectivity index (χ4v) is 3.42. The van der Waals surface area contributed by atoms with Crippen LogP contribution in [0.5, 0.6) is 0 Å². The summed E-state index contributed by atoms with van der Waals surface area (Å²) in [6.07, 6.45) is 4.30. The molecule has 1 aliphatic carbocycles. The highest BCUT2D eigenvalue weighted by molar-refractivity contribution is 7.10. The molecule has 0 amide bonds. The molecule has 1 saturated carbocycles. The molecule has 1 aliphatic rings. The first kappa shape index (κ1) is 13.1. The summed E-state index contributed by atoms with van der Waals surface area (Å²) in [6, 6.07) is 4.94. The van der Waals surface area contributed by atoms with E-state index < -0.39 is 0 Å². The molecular formula is C14H23NOS. The summed E-state index contributed by atoms with van der Waals surface area (Å²) >= 11 is 1.86. The van der Waals surface area contributed by atoms with Crippen molar-refractivity contribution in [1.82, 2.24) is 5.32 Å². The molecule has 0 bridgehead atoms. The maximum absolute atomic E-state index is 5.62. The number of hydrogen-bond donors (Lipinski definition) is 1. The third-order valence-corrected chi connectivity index (χ3v) is 4.49. The van der Waals surface area contributed by atoms with E-state index in [1.54, 1.807) is 0 Å². The summed E-state index contributed by atoms with van der Waals surface area (Å²) in [6.45, 7) is 6.17. The van der Waals surface area contributed by atoms with Gasteiger partial charge in [0.2, 0.25) is 0 Å². The van der Waals surface area contributed by atoms with Crippen molar-refractivity contribution in [2.75, 3.05) is 13.2 Å². The minimum absolute atomic E-state index is 0.538. The molecule has 1 N–H and O–H groups in total. The summed E-state index contributed by atoms with van der Waals surface area (Å²) in [5.41, 5.74) is 0. The van der Waals surface area contributed by atoms with Crippen LogP contribution in [0.25, 0.3) is 0 Å². The Morgan fingerprint density at radius 1 is 1.47 bits per heavy atom. The largest absolute Gasteiger partial charge is 0.378 e. The van der Waals surface area contributed by atoms with Crippen LogP contribution < -0.4 is 5.32 Å². The van der Waals surface area contributed by atoms with Gasteiger partial charge in [-0.2, -0.15) is 0 Å². The van der Waals surface area contributed by atoms with E-state index in [2.05, 4.69) is 36.7 Å². The maximum atomic E-state index is 5.62. The monoisotopic (exact) mass is 253 g/mol. The van der Waals surface area contributed by atoms with Crippen molar-refractivity contribution in [2.45, 2.75) is 45.3 Å². The first-order valence-electron chi connectivity index (χ1n) is 6.71. The molecule has 1 aromatic heterocycles. The van der Waals surface area contributed by atoms with Gasteiger partial charge in [-0.15, -0.1) is 11.3 Å². The van der Waals surface area contributed by atoms with Crippen LogP contribution in [0, 0.1) is 5.92 Å². The van der Waals surface area contributed by atoms with Crippen molar-refractivity contribution in [1.29, 1.82) is 0 Å². The Balaban J connectivity index is 1.79. The lowest BCUT2D eigenvalue weighted by molar-refractivity contribution is -0.0290. The van der Waals surface area contributed by atoms with Crippen molar-refractivity contribution in [3.8, 4) is 0 Å². The third-order valence-electron chi connectivity index (χ3n) is 3.50. The van der Waals surface area contributed by atoms with Crippen molar-refractivity contribution in [3.05, 3.63) is 22.4 Å². The van der Waals surface area contributed by atoms with Crippen molar-refractivity contribution in [3.63, 3.8) is 0 Å². The molecule has 3 heteroatoms. The quantitative estimate of drug-likeness (QED) is 0.801. The molecule has 0 spiro atoms. The lowest BCUT2D eigenvalue weighted by atomic mass is 9.78. The molecule has 2 nitrogen and oxygen atoms in total. The summed E-state index contributed by atoms with van der Waals surface area (Å²) < 4.78 is 5.62. The molecule has 1 unspecified atom stereocenters. The Morgan fingerprint density at radius 3 is 2.88 bits per heavy atom. The first-order valence-corrected chi connectivity index (χ1v) is 7.59. The van der Waals surface area contributed by atoms with E-state index in [4.69, 9.17) is 4.74 Å². The predicted octanol–water partition coefficient (Wildman–Crippen LogP) is 3.60. The van der Waals surface area contributed by atoms with E-state index in [1.165, 1.54) is 24.1 Å². The lowest BCUT2D eigenvalue weighted by Crippen LogP contribution is -2.34. The Labute approximate surface area is 108 Å². The molecule has 1 aromatic rings. The van der Waals surface area contributed by atoms with Gasteiger partial charge in [0.25, 0.3) is 0 Å². The van der Waals surface area contributed by atoms with Gasteiger partial charge in [0.05, 0.1) is 6.10 Å². The normalized spacial score (nSPS) is 25.5. The Kier molecular flexibility index (Phi) is 5.01. The van der Waals surface area contributed by atoms with Crippen molar-refractivity contribution in [2.24, 2.45) is 5.92 Å². The van der Waals surface area contributed by atoms with E-state index in [1.807, 2.05) is 11.3 Å². The minimum Gasteiger partial charge on any atom is -0.378 e. The van der Waals surface area contributed by atoms with Gasteiger partial charge in [-0.05, 0) is 50.1 Å². The fraction of sp³-hybridized carbons (Fsp3) is 0.714. The molecule has 1 heterocycles. The van der Waals surface area contributed by atoms with Crippen LogP contribution in [0.1, 0.15) is 44.0 Å². The molecule has 0 aromatic carbocycles. The average molecular weight is 253 g/mol. The molecule has 96 valence electrons. The molecule has 2 rings (SSSR count). The van der Waals surface area contributed by atoms with Gasteiger partial charge in [-0.3, -0.25) is 0 Å². The van der Waals surface area contributed by atoms with Gasteiger partial charge >= 0.3 is 0 Å². The molecule has 0 aliphatic heterocycles. The molecule has 1 fully saturated rings. The maximum Gasteiger partial charge on any atom is 0.0580 e. The lowest BCUT2D eigenvalue weighted by Gasteiger charge is -2.37. The molecular weight excluding hydrogens is 230 g/mol.